The zero-order valence-corrected chi connectivity index (χ0v) is 14.0. The van der Waals surface area contributed by atoms with Gasteiger partial charge in [0.05, 0.1) is 7.11 Å². The number of hydrogen-bond acceptors (Lipinski definition) is 2. The van der Waals surface area contributed by atoms with E-state index in [4.69, 9.17) is 4.74 Å². The quantitative estimate of drug-likeness (QED) is 0.607. The van der Waals surface area contributed by atoms with Crippen molar-refractivity contribution >= 4 is 0 Å². The number of nitrogens with one attached hydrogen (secondary N) is 1. The molecule has 0 bridgehead atoms. The number of methoxy groups -OCH3 is 1. The Balaban J connectivity index is 2.20. The van der Waals surface area contributed by atoms with E-state index in [9.17, 15) is 0 Å². The molecule has 0 heterocycles. The second-order valence-electron chi connectivity index (χ2n) is 6.45. The highest BCUT2D eigenvalue weighted by Gasteiger charge is 2.27. The topological polar surface area (TPSA) is 21.3 Å². The van der Waals surface area contributed by atoms with Crippen LogP contribution in [0.4, 0.5) is 0 Å². The summed E-state index contributed by atoms with van der Waals surface area (Å²) >= 11 is 0. The Kier molecular flexibility index (Phi) is 6.56. The van der Waals surface area contributed by atoms with E-state index >= 15 is 0 Å². The number of hydrogen-bond donors (Lipinski definition) is 1. The first-order valence-electron chi connectivity index (χ1n) is 8.61. The van der Waals surface area contributed by atoms with Crippen LogP contribution in [0.15, 0.2) is 18.2 Å². The smallest absolute Gasteiger partial charge is 0.122 e. The predicted octanol–water partition coefficient (Wildman–Crippen LogP) is 4.67. The monoisotopic (exact) mass is 289 g/mol. The highest BCUT2D eigenvalue weighted by atomic mass is 16.5. The van der Waals surface area contributed by atoms with Gasteiger partial charge in [-0.05, 0) is 62.7 Å². The van der Waals surface area contributed by atoms with Gasteiger partial charge in [-0.2, -0.15) is 0 Å². The zero-order chi connectivity index (χ0) is 15.1. The minimum atomic E-state index is 0.645. The summed E-state index contributed by atoms with van der Waals surface area (Å²) in [5.74, 6) is 2.47. The molecule has 2 nitrogen and oxygen atoms in total. The lowest BCUT2D eigenvalue weighted by Gasteiger charge is -2.27. The van der Waals surface area contributed by atoms with Crippen molar-refractivity contribution in [3.8, 4) is 5.75 Å². The summed E-state index contributed by atoms with van der Waals surface area (Å²) in [4.78, 5) is 0. The molecule has 2 atom stereocenters. The minimum absolute atomic E-state index is 0.645. The SMILES string of the molecule is CCCNCC1CCCCCC1c1cc(C)ccc1OC. The minimum Gasteiger partial charge on any atom is -0.496 e. The second kappa shape index (κ2) is 8.43. The van der Waals surface area contributed by atoms with Crippen LogP contribution in [0.25, 0.3) is 0 Å². The highest BCUT2D eigenvalue weighted by Crippen LogP contribution is 2.40. The van der Waals surface area contributed by atoms with E-state index in [-0.39, 0.29) is 0 Å². The second-order valence-corrected chi connectivity index (χ2v) is 6.45. The number of ether oxygens (including phenoxy) is 1. The van der Waals surface area contributed by atoms with Crippen LogP contribution in [0.2, 0.25) is 0 Å². The van der Waals surface area contributed by atoms with Crippen molar-refractivity contribution in [2.45, 2.75) is 58.3 Å². The summed E-state index contributed by atoms with van der Waals surface area (Å²) in [7, 11) is 1.80. The lowest BCUT2D eigenvalue weighted by molar-refractivity contribution is 0.354. The summed E-state index contributed by atoms with van der Waals surface area (Å²) in [6, 6.07) is 6.65. The van der Waals surface area contributed by atoms with Crippen LogP contribution in [0.3, 0.4) is 0 Å². The zero-order valence-electron chi connectivity index (χ0n) is 14.0. The molecule has 2 rings (SSSR count). The molecule has 21 heavy (non-hydrogen) atoms. The predicted molar refractivity (Wildman–Crippen MR) is 90.2 cm³/mol. The molecule has 1 aliphatic rings. The molecule has 0 amide bonds. The molecule has 0 aromatic heterocycles. The molecule has 0 aliphatic heterocycles. The summed E-state index contributed by atoms with van der Waals surface area (Å²) < 4.78 is 5.65. The third kappa shape index (κ3) is 4.47. The van der Waals surface area contributed by atoms with Gasteiger partial charge in [-0.3, -0.25) is 0 Å². The van der Waals surface area contributed by atoms with Gasteiger partial charge in [0, 0.05) is 0 Å². The number of benzene rings is 1. The lowest BCUT2D eigenvalue weighted by atomic mass is 9.81. The fourth-order valence-corrected chi connectivity index (χ4v) is 3.65. The third-order valence-electron chi connectivity index (χ3n) is 4.78. The Morgan fingerprint density at radius 3 is 2.76 bits per heavy atom. The van der Waals surface area contributed by atoms with E-state index in [1.54, 1.807) is 7.11 Å². The fraction of sp³-hybridized carbons (Fsp3) is 0.684. The maximum absolute atomic E-state index is 5.65. The molecule has 2 heteroatoms. The van der Waals surface area contributed by atoms with E-state index in [1.807, 2.05) is 0 Å². The van der Waals surface area contributed by atoms with Crippen LogP contribution in [0.5, 0.6) is 5.75 Å². The van der Waals surface area contributed by atoms with Crippen molar-refractivity contribution in [3.05, 3.63) is 29.3 Å². The molecule has 1 fully saturated rings. The van der Waals surface area contributed by atoms with Crippen LogP contribution < -0.4 is 10.1 Å². The Morgan fingerprint density at radius 1 is 1.19 bits per heavy atom. The van der Waals surface area contributed by atoms with Crippen molar-refractivity contribution < 1.29 is 4.74 Å². The van der Waals surface area contributed by atoms with Gasteiger partial charge in [-0.25, -0.2) is 0 Å². The van der Waals surface area contributed by atoms with Crippen LogP contribution in [-0.4, -0.2) is 20.2 Å². The van der Waals surface area contributed by atoms with Crippen molar-refractivity contribution in [1.82, 2.24) is 5.32 Å². The molecule has 1 N–H and O–H groups in total. The lowest BCUT2D eigenvalue weighted by Crippen LogP contribution is -2.27. The van der Waals surface area contributed by atoms with Gasteiger partial charge in [0.1, 0.15) is 5.75 Å². The molecule has 1 aliphatic carbocycles. The fourth-order valence-electron chi connectivity index (χ4n) is 3.65. The summed E-state index contributed by atoms with van der Waals surface area (Å²) in [5.41, 5.74) is 2.78. The average Bonchev–Trinajstić information content (AvgIpc) is 2.73. The first-order chi connectivity index (χ1) is 10.3. The van der Waals surface area contributed by atoms with Crippen molar-refractivity contribution in [2.24, 2.45) is 5.92 Å². The van der Waals surface area contributed by atoms with Crippen LogP contribution >= 0.6 is 0 Å². The molecule has 0 spiro atoms. The van der Waals surface area contributed by atoms with Crippen LogP contribution in [0, 0.1) is 12.8 Å². The molecule has 0 radical (unpaired) electrons. The molecule has 118 valence electrons. The summed E-state index contributed by atoms with van der Waals surface area (Å²) in [5, 5.41) is 3.64. The largest absolute Gasteiger partial charge is 0.496 e. The van der Waals surface area contributed by atoms with E-state index in [1.165, 1.54) is 49.7 Å². The molecule has 1 aromatic carbocycles. The number of rotatable bonds is 6. The normalized spacial score (nSPS) is 22.8. The Labute approximate surface area is 130 Å². The first kappa shape index (κ1) is 16.4. The Morgan fingerprint density at radius 2 is 2.00 bits per heavy atom. The van der Waals surface area contributed by atoms with Crippen molar-refractivity contribution in [2.75, 3.05) is 20.2 Å². The van der Waals surface area contributed by atoms with Crippen molar-refractivity contribution in [1.29, 1.82) is 0 Å². The standard InChI is InChI=1S/C19H31NO/c1-4-12-20-14-16-8-6-5-7-9-17(16)18-13-15(2)10-11-19(18)21-3/h10-11,13,16-17,20H,4-9,12,14H2,1-3H3. The maximum Gasteiger partial charge on any atom is 0.122 e. The van der Waals surface area contributed by atoms with Crippen molar-refractivity contribution in [3.63, 3.8) is 0 Å². The van der Waals surface area contributed by atoms with Crippen LogP contribution in [-0.2, 0) is 0 Å². The average molecular weight is 289 g/mol. The Hall–Kier alpha value is -1.02. The van der Waals surface area contributed by atoms with Gasteiger partial charge in [-0.15, -0.1) is 0 Å². The molecular weight excluding hydrogens is 258 g/mol. The van der Waals surface area contributed by atoms with Gasteiger partial charge in [0.2, 0.25) is 0 Å². The van der Waals surface area contributed by atoms with E-state index < -0.39 is 0 Å². The highest BCUT2D eigenvalue weighted by molar-refractivity contribution is 5.40. The van der Waals surface area contributed by atoms with Gasteiger partial charge in [-0.1, -0.05) is 43.9 Å². The van der Waals surface area contributed by atoms with Gasteiger partial charge < -0.3 is 10.1 Å². The molecular formula is C19H31NO. The van der Waals surface area contributed by atoms with Gasteiger partial charge in [0.15, 0.2) is 0 Å². The van der Waals surface area contributed by atoms with E-state index in [0.29, 0.717) is 5.92 Å². The van der Waals surface area contributed by atoms with E-state index in [0.717, 1.165) is 24.8 Å². The molecule has 1 aromatic rings. The number of aryl methyl sites for hydroxylation is 1. The molecule has 2 unspecified atom stereocenters. The Bertz CT molecular complexity index is 430. The summed E-state index contributed by atoms with van der Waals surface area (Å²) in [6.07, 6.45) is 7.98. The van der Waals surface area contributed by atoms with Crippen LogP contribution in [0.1, 0.15) is 62.5 Å². The maximum atomic E-state index is 5.65. The van der Waals surface area contributed by atoms with Gasteiger partial charge >= 0.3 is 0 Å². The summed E-state index contributed by atoms with van der Waals surface area (Å²) in [6.45, 7) is 6.70. The first-order valence-corrected chi connectivity index (χ1v) is 8.61. The third-order valence-corrected chi connectivity index (χ3v) is 4.78. The van der Waals surface area contributed by atoms with Gasteiger partial charge in [0.25, 0.3) is 0 Å². The molecule has 0 saturated heterocycles. The molecule has 1 saturated carbocycles. The van der Waals surface area contributed by atoms with E-state index in [2.05, 4.69) is 37.4 Å².